The van der Waals surface area contributed by atoms with E-state index in [1.165, 1.54) is 0 Å². The van der Waals surface area contributed by atoms with Crippen LogP contribution < -0.4 is 0 Å². The fraction of sp³-hybridized carbons (Fsp3) is 0. The minimum Gasteiger partial charge on any atom is -0.355 e. The van der Waals surface area contributed by atoms with Crippen molar-refractivity contribution in [1.29, 1.82) is 0 Å². The summed E-state index contributed by atoms with van der Waals surface area (Å²) in [7, 11) is 0. The number of fused-ring (bicyclic) bond motifs is 2. The second-order valence-electron chi connectivity index (χ2n) is 7.19. The molecule has 0 unspecified atom stereocenters. The number of carbonyl (C=O) groups is 1. The van der Waals surface area contributed by atoms with Gasteiger partial charge in [0.25, 0.3) is 0 Å². The standard InChI is InChI=1S/C26H15NO2S2/c28-25-18-13-7-8-14-19(18)26-23-22(25)20(30-16-9-3-1-4-10-16)15-21(24(23)27-29-26)31-17-11-5-2-6-12-17/h1-15H. The van der Waals surface area contributed by atoms with Crippen molar-refractivity contribution >= 4 is 40.2 Å². The maximum atomic E-state index is 13.6. The summed E-state index contributed by atoms with van der Waals surface area (Å²) < 4.78 is 5.83. The highest BCUT2D eigenvalue weighted by Gasteiger charge is 2.33. The summed E-state index contributed by atoms with van der Waals surface area (Å²) in [5, 5.41) is 5.22. The number of carbonyl (C=O) groups excluding carboxylic acids is 1. The first kappa shape index (κ1) is 18.5. The summed E-state index contributed by atoms with van der Waals surface area (Å²) >= 11 is 3.23. The van der Waals surface area contributed by atoms with Crippen molar-refractivity contribution in [2.24, 2.45) is 0 Å². The number of hydrogen-bond acceptors (Lipinski definition) is 5. The van der Waals surface area contributed by atoms with E-state index in [1.807, 2.05) is 60.7 Å². The van der Waals surface area contributed by atoms with Crippen LogP contribution in [0, 0.1) is 0 Å². The SMILES string of the molecule is O=C1c2ccccc2-c2onc3c(Sc4ccccc4)cc(Sc4ccccc4)c1c23. The summed E-state index contributed by atoms with van der Waals surface area (Å²) in [6.45, 7) is 0. The van der Waals surface area contributed by atoms with Gasteiger partial charge in [-0.3, -0.25) is 4.79 Å². The van der Waals surface area contributed by atoms with Gasteiger partial charge in [-0.1, -0.05) is 89.3 Å². The molecule has 1 aromatic heterocycles. The molecule has 6 rings (SSSR count). The highest BCUT2D eigenvalue weighted by Crippen LogP contribution is 2.48. The van der Waals surface area contributed by atoms with E-state index in [1.54, 1.807) is 23.5 Å². The number of nitrogens with zero attached hydrogens (tertiary/aromatic N) is 1. The van der Waals surface area contributed by atoms with E-state index >= 15 is 0 Å². The highest BCUT2D eigenvalue weighted by atomic mass is 32.2. The van der Waals surface area contributed by atoms with Crippen molar-refractivity contribution in [3.63, 3.8) is 0 Å². The molecule has 4 aromatic carbocycles. The van der Waals surface area contributed by atoms with Gasteiger partial charge in [0, 0.05) is 36.3 Å². The second-order valence-corrected chi connectivity index (χ2v) is 9.42. The summed E-state index contributed by atoms with van der Waals surface area (Å²) in [4.78, 5) is 17.7. The van der Waals surface area contributed by atoms with E-state index in [4.69, 9.17) is 4.52 Å². The van der Waals surface area contributed by atoms with Crippen LogP contribution in [0.3, 0.4) is 0 Å². The lowest BCUT2D eigenvalue weighted by molar-refractivity contribution is 0.103. The second kappa shape index (κ2) is 7.45. The van der Waals surface area contributed by atoms with Gasteiger partial charge in [-0.15, -0.1) is 0 Å². The predicted molar refractivity (Wildman–Crippen MR) is 124 cm³/mol. The zero-order valence-corrected chi connectivity index (χ0v) is 17.9. The topological polar surface area (TPSA) is 43.1 Å². The molecule has 1 heterocycles. The molecular weight excluding hydrogens is 422 g/mol. The first-order chi connectivity index (χ1) is 15.3. The van der Waals surface area contributed by atoms with Crippen LogP contribution in [0.2, 0.25) is 0 Å². The third-order valence-electron chi connectivity index (χ3n) is 5.27. The summed E-state index contributed by atoms with van der Waals surface area (Å²) in [6, 6.07) is 30.0. The third kappa shape index (κ3) is 3.09. The Bertz CT molecular complexity index is 1440. The van der Waals surface area contributed by atoms with Gasteiger partial charge < -0.3 is 4.52 Å². The van der Waals surface area contributed by atoms with Crippen molar-refractivity contribution in [3.8, 4) is 11.3 Å². The Morgan fingerprint density at radius 1 is 0.677 bits per heavy atom. The van der Waals surface area contributed by atoms with E-state index in [0.29, 0.717) is 16.9 Å². The molecule has 0 radical (unpaired) electrons. The van der Waals surface area contributed by atoms with Crippen molar-refractivity contribution in [3.05, 3.63) is 102 Å². The molecular formula is C26H15NO2S2. The lowest BCUT2D eigenvalue weighted by Gasteiger charge is -2.18. The highest BCUT2D eigenvalue weighted by molar-refractivity contribution is 8.00. The van der Waals surface area contributed by atoms with Crippen molar-refractivity contribution in [1.82, 2.24) is 5.16 Å². The van der Waals surface area contributed by atoms with Gasteiger partial charge in [-0.05, 0) is 30.3 Å². The normalized spacial score (nSPS) is 12.2. The van der Waals surface area contributed by atoms with E-state index in [9.17, 15) is 4.79 Å². The molecule has 3 nitrogen and oxygen atoms in total. The van der Waals surface area contributed by atoms with Crippen LogP contribution in [-0.4, -0.2) is 10.9 Å². The van der Waals surface area contributed by atoms with Crippen LogP contribution in [0.1, 0.15) is 15.9 Å². The molecule has 0 atom stereocenters. The minimum atomic E-state index is 0.0194. The number of benzene rings is 4. The summed E-state index contributed by atoms with van der Waals surface area (Å²) in [6.07, 6.45) is 0. The molecule has 0 amide bonds. The smallest absolute Gasteiger partial charge is 0.195 e. The van der Waals surface area contributed by atoms with Crippen molar-refractivity contribution in [2.75, 3.05) is 0 Å². The van der Waals surface area contributed by atoms with Crippen LogP contribution in [0.15, 0.2) is 115 Å². The average Bonchev–Trinajstić information content (AvgIpc) is 3.26. The fourth-order valence-corrected chi connectivity index (χ4v) is 5.94. The lowest BCUT2D eigenvalue weighted by Crippen LogP contribution is -2.10. The molecule has 0 saturated heterocycles. The van der Waals surface area contributed by atoms with Crippen molar-refractivity contribution in [2.45, 2.75) is 19.6 Å². The van der Waals surface area contributed by atoms with E-state index in [-0.39, 0.29) is 5.78 Å². The van der Waals surface area contributed by atoms with Crippen LogP contribution in [0.5, 0.6) is 0 Å². The van der Waals surface area contributed by atoms with Crippen molar-refractivity contribution < 1.29 is 9.32 Å². The van der Waals surface area contributed by atoms with Gasteiger partial charge in [0.2, 0.25) is 0 Å². The van der Waals surface area contributed by atoms with Gasteiger partial charge >= 0.3 is 0 Å². The van der Waals surface area contributed by atoms with Gasteiger partial charge in [0.1, 0.15) is 5.52 Å². The van der Waals surface area contributed by atoms with E-state index in [2.05, 4.69) is 35.5 Å². The van der Waals surface area contributed by atoms with E-state index < -0.39 is 0 Å². The Morgan fingerprint density at radius 2 is 1.26 bits per heavy atom. The maximum Gasteiger partial charge on any atom is 0.195 e. The quantitative estimate of drug-likeness (QED) is 0.289. The zero-order valence-electron chi connectivity index (χ0n) is 16.2. The Kier molecular flexibility index (Phi) is 4.44. The van der Waals surface area contributed by atoms with Gasteiger partial charge in [0.05, 0.1) is 5.39 Å². The Hall–Kier alpha value is -3.28. The molecule has 0 bridgehead atoms. The molecule has 0 spiro atoms. The van der Waals surface area contributed by atoms with Crippen LogP contribution in [0.25, 0.3) is 22.2 Å². The van der Waals surface area contributed by atoms with E-state index in [0.717, 1.165) is 36.0 Å². The average molecular weight is 438 g/mol. The molecule has 0 N–H and O–H groups in total. The molecule has 0 fully saturated rings. The number of rotatable bonds is 4. The largest absolute Gasteiger partial charge is 0.355 e. The Labute approximate surface area is 187 Å². The predicted octanol–water partition coefficient (Wildman–Crippen LogP) is 7.34. The number of ketones is 1. The Balaban J connectivity index is 1.62. The fourth-order valence-electron chi connectivity index (χ4n) is 3.89. The molecule has 31 heavy (non-hydrogen) atoms. The lowest BCUT2D eigenvalue weighted by atomic mass is 9.88. The molecule has 0 aliphatic heterocycles. The molecule has 0 saturated carbocycles. The van der Waals surface area contributed by atoms with Gasteiger partial charge in [-0.25, -0.2) is 0 Å². The monoisotopic (exact) mass is 437 g/mol. The Morgan fingerprint density at radius 3 is 1.94 bits per heavy atom. The first-order valence-electron chi connectivity index (χ1n) is 9.86. The number of aromatic nitrogens is 1. The van der Waals surface area contributed by atoms with Crippen LogP contribution in [0.4, 0.5) is 0 Å². The zero-order chi connectivity index (χ0) is 20.8. The molecule has 5 heteroatoms. The maximum absolute atomic E-state index is 13.6. The van der Waals surface area contributed by atoms with Crippen LogP contribution >= 0.6 is 23.5 Å². The number of hydrogen-bond donors (Lipinski definition) is 0. The van der Waals surface area contributed by atoms with Crippen LogP contribution in [-0.2, 0) is 0 Å². The molecule has 5 aromatic rings. The molecule has 148 valence electrons. The summed E-state index contributed by atoms with van der Waals surface area (Å²) in [5.41, 5.74) is 2.88. The molecule has 1 aliphatic rings. The first-order valence-corrected chi connectivity index (χ1v) is 11.5. The molecule has 1 aliphatic carbocycles. The summed E-state index contributed by atoms with van der Waals surface area (Å²) in [5.74, 6) is 0.691. The third-order valence-corrected chi connectivity index (χ3v) is 7.36. The van der Waals surface area contributed by atoms with Gasteiger partial charge in [-0.2, -0.15) is 0 Å². The minimum absolute atomic E-state index is 0.0194. The van der Waals surface area contributed by atoms with Gasteiger partial charge in [0.15, 0.2) is 11.5 Å².